The van der Waals surface area contributed by atoms with E-state index in [-0.39, 0.29) is 5.56 Å². The van der Waals surface area contributed by atoms with E-state index in [1.165, 1.54) is 4.68 Å². The predicted molar refractivity (Wildman–Crippen MR) is 75.9 cm³/mol. The van der Waals surface area contributed by atoms with Gasteiger partial charge >= 0.3 is 0 Å². The van der Waals surface area contributed by atoms with E-state index < -0.39 is 5.60 Å². The van der Waals surface area contributed by atoms with Crippen LogP contribution in [0.4, 0.5) is 5.69 Å². The zero-order valence-electron chi connectivity index (χ0n) is 11.0. The van der Waals surface area contributed by atoms with Gasteiger partial charge in [-0.1, -0.05) is 13.8 Å². The first-order chi connectivity index (χ1) is 8.47. The van der Waals surface area contributed by atoms with Gasteiger partial charge in [0.15, 0.2) is 0 Å². The molecule has 0 aliphatic rings. The molecule has 1 aromatic heterocycles. The Bertz CT molecular complexity index is 455. The summed E-state index contributed by atoms with van der Waals surface area (Å²) in [5, 5.41) is 17.3. The Kier molecular flexibility index (Phi) is 5.34. The maximum atomic E-state index is 11.8. The van der Waals surface area contributed by atoms with Crippen molar-refractivity contribution in [3.05, 3.63) is 21.0 Å². The summed E-state index contributed by atoms with van der Waals surface area (Å²) >= 11 is 3.27. The van der Waals surface area contributed by atoms with Crippen molar-refractivity contribution in [2.75, 3.05) is 11.9 Å². The number of aliphatic hydroxyl groups is 1. The minimum Gasteiger partial charge on any atom is -0.388 e. The van der Waals surface area contributed by atoms with Crippen molar-refractivity contribution < 1.29 is 5.11 Å². The summed E-state index contributed by atoms with van der Waals surface area (Å²) in [6, 6.07) is 0. The highest BCUT2D eigenvalue weighted by molar-refractivity contribution is 9.10. The molecule has 0 amide bonds. The van der Waals surface area contributed by atoms with Gasteiger partial charge in [-0.15, -0.1) is 0 Å². The monoisotopic (exact) mass is 317 g/mol. The lowest BCUT2D eigenvalue weighted by Crippen LogP contribution is -2.36. The van der Waals surface area contributed by atoms with Crippen LogP contribution in [0, 0.1) is 0 Å². The Balaban J connectivity index is 2.87. The van der Waals surface area contributed by atoms with Crippen molar-refractivity contribution in [3.8, 4) is 0 Å². The maximum absolute atomic E-state index is 11.8. The first-order valence-electron chi connectivity index (χ1n) is 6.19. The van der Waals surface area contributed by atoms with E-state index >= 15 is 0 Å². The summed E-state index contributed by atoms with van der Waals surface area (Å²) in [6.45, 7) is 6.67. The Morgan fingerprint density at radius 1 is 1.44 bits per heavy atom. The van der Waals surface area contributed by atoms with Crippen LogP contribution in [0.5, 0.6) is 0 Å². The molecule has 102 valence electrons. The average molecular weight is 318 g/mol. The van der Waals surface area contributed by atoms with Crippen LogP contribution in [-0.2, 0) is 6.54 Å². The van der Waals surface area contributed by atoms with E-state index in [1.54, 1.807) is 6.20 Å². The second kappa shape index (κ2) is 6.33. The minimum absolute atomic E-state index is 0.168. The molecule has 6 heteroatoms. The number of aromatic nitrogens is 2. The second-order valence-corrected chi connectivity index (χ2v) is 5.07. The maximum Gasteiger partial charge on any atom is 0.283 e. The molecule has 0 bridgehead atoms. The normalized spacial score (nSPS) is 11.6. The summed E-state index contributed by atoms with van der Waals surface area (Å²) < 4.78 is 1.83. The number of aryl methyl sites for hydroxylation is 1. The molecule has 1 rings (SSSR count). The van der Waals surface area contributed by atoms with Gasteiger partial charge in [0.05, 0.1) is 17.5 Å². The molecule has 0 saturated carbocycles. The summed E-state index contributed by atoms with van der Waals surface area (Å²) in [5.41, 5.74) is -0.303. The lowest BCUT2D eigenvalue weighted by atomic mass is 9.97. The van der Waals surface area contributed by atoms with Crippen LogP contribution in [0.15, 0.2) is 15.5 Å². The number of halogens is 1. The number of nitrogens with one attached hydrogen (secondary N) is 1. The molecule has 0 atom stereocenters. The third-order valence-corrected chi connectivity index (χ3v) is 3.97. The molecule has 0 saturated heterocycles. The van der Waals surface area contributed by atoms with E-state index in [0.717, 1.165) is 0 Å². The fourth-order valence-electron chi connectivity index (χ4n) is 1.57. The molecule has 0 unspecified atom stereocenters. The third kappa shape index (κ3) is 3.32. The largest absolute Gasteiger partial charge is 0.388 e. The highest BCUT2D eigenvalue weighted by atomic mass is 79.9. The van der Waals surface area contributed by atoms with Crippen molar-refractivity contribution in [1.29, 1.82) is 0 Å². The van der Waals surface area contributed by atoms with Gasteiger partial charge in [0.25, 0.3) is 5.56 Å². The van der Waals surface area contributed by atoms with Crippen LogP contribution in [0.3, 0.4) is 0 Å². The van der Waals surface area contributed by atoms with Gasteiger partial charge in [-0.3, -0.25) is 4.79 Å². The molecule has 1 heterocycles. The number of nitrogens with zero attached hydrogens (tertiary/aromatic N) is 2. The molecule has 1 aromatic rings. The minimum atomic E-state index is -0.751. The summed E-state index contributed by atoms with van der Waals surface area (Å²) in [4.78, 5) is 11.8. The molecule has 0 radical (unpaired) electrons. The van der Waals surface area contributed by atoms with E-state index in [1.807, 2.05) is 20.8 Å². The van der Waals surface area contributed by atoms with Crippen LogP contribution >= 0.6 is 15.9 Å². The van der Waals surface area contributed by atoms with E-state index in [4.69, 9.17) is 0 Å². The Labute approximate surface area is 115 Å². The lowest BCUT2D eigenvalue weighted by Gasteiger charge is -2.26. The first kappa shape index (κ1) is 15.2. The van der Waals surface area contributed by atoms with Crippen LogP contribution < -0.4 is 10.9 Å². The van der Waals surface area contributed by atoms with Gasteiger partial charge in [-0.05, 0) is 35.7 Å². The number of anilines is 1. The Morgan fingerprint density at radius 3 is 2.56 bits per heavy atom. The topological polar surface area (TPSA) is 67.2 Å². The lowest BCUT2D eigenvalue weighted by molar-refractivity contribution is 0.0457. The summed E-state index contributed by atoms with van der Waals surface area (Å²) in [6.07, 6.45) is 2.92. The average Bonchev–Trinajstić information content (AvgIpc) is 2.40. The highest BCUT2D eigenvalue weighted by Crippen LogP contribution is 2.20. The van der Waals surface area contributed by atoms with E-state index in [2.05, 4.69) is 26.3 Å². The molecule has 5 nitrogen and oxygen atoms in total. The summed E-state index contributed by atoms with van der Waals surface area (Å²) in [5.74, 6) is 0. The van der Waals surface area contributed by atoms with Crippen LogP contribution in [0.1, 0.15) is 33.6 Å². The molecule has 0 aliphatic heterocycles. The molecule has 2 N–H and O–H groups in total. The Morgan fingerprint density at radius 2 is 2.06 bits per heavy atom. The Hall–Kier alpha value is -0.880. The quantitative estimate of drug-likeness (QED) is 0.842. The van der Waals surface area contributed by atoms with Crippen molar-refractivity contribution >= 4 is 21.6 Å². The molecule has 0 fully saturated rings. The van der Waals surface area contributed by atoms with Crippen LogP contribution in [-0.4, -0.2) is 27.0 Å². The van der Waals surface area contributed by atoms with Crippen LogP contribution in [0.2, 0.25) is 0 Å². The van der Waals surface area contributed by atoms with Gasteiger partial charge in [0.1, 0.15) is 4.47 Å². The fourth-order valence-corrected chi connectivity index (χ4v) is 2.02. The van der Waals surface area contributed by atoms with E-state index in [9.17, 15) is 9.90 Å². The third-order valence-electron chi connectivity index (χ3n) is 3.21. The van der Waals surface area contributed by atoms with Crippen molar-refractivity contribution in [1.82, 2.24) is 9.78 Å². The molecule has 0 spiro atoms. The zero-order chi connectivity index (χ0) is 13.8. The first-order valence-corrected chi connectivity index (χ1v) is 6.98. The SMILES string of the molecule is CCn1ncc(NCC(O)(CC)CC)c(Br)c1=O. The second-order valence-electron chi connectivity index (χ2n) is 4.28. The number of hydrogen-bond donors (Lipinski definition) is 2. The van der Waals surface area contributed by atoms with Gasteiger partial charge in [0, 0.05) is 13.1 Å². The van der Waals surface area contributed by atoms with Gasteiger partial charge in [0.2, 0.25) is 0 Å². The molecular formula is C12H20BrN3O2. The van der Waals surface area contributed by atoms with Gasteiger partial charge < -0.3 is 10.4 Å². The van der Waals surface area contributed by atoms with Gasteiger partial charge in [-0.2, -0.15) is 5.10 Å². The van der Waals surface area contributed by atoms with E-state index in [0.29, 0.717) is 36.1 Å². The molecule has 18 heavy (non-hydrogen) atoms. The number of hydrogen-bond acceptors (Lipinski definition) is 4. The smallest absolute Gasteiger partial charge is 0.283 e. The highest BCUT2D eigenvalue weighted by Gasteiger charge is 2.22. The van der Waals surface area contributed by atoms with Crippen LogP contribution in [0.25, 0.3) is 0 Å². The van der Waals surface area contributed by atoms with Crippen molar-refractivity contribution in [2.24, 2.45) is 0 Å². The van der Waals surface area contributed by atoms with Crippen molar-refractivity contribution in [2.45, 2.75) is 45.8 Å². The number of rotatable bonds is 6. The predicted octanol–water partition coefficient (Wildman–Crippen LogP) is 1.99. The van der Waals surface area contributed by atoms with Crippen molar-refractivity contribution in [3.63, 3.8) is 0 Å². The molecule has 0 aromatic carbocycles. The zero-order valence-corrected chi connectivity index (χ0v) is 12.6. The standard InChI is InChI=1S/C12H20BrN3O2/c1-4-12(18,5-2)8-14-9-7-15-16(6-3)11(17)10(9)13/h7,14,18H,4-6,8H2,1-3H3. The molecule has 0 aliphatic carbocycles. The fraction of sp³-hybridized carbons (Fsp3) is 0.667. The summed E-state index contributed by atoms with van der Waals surface area (Å²) in [7, 11) is 0. The molecular weight excluding hydrogens is 298 g/mol. The van der Waals surface area contributed by atoms with Gasteiger partial charge in [-0.25, -0.2) is 4.68 Å².